The van der Waals surface area contributed by atoms with Gasteiger partial charge in [0, 0.05) is 13.1 Å². The fraction of sp³-hybridized carbons (Fsp3) is 0.615. The van der Waals surface area contributed by atoms with E-state index < -0.39 is 0 Å². The summed E-state index contributed by atoms with van der Waals surface area (Å²) in [6, 6.07) is 3.55. The average Bonchev–Trinajstić information content (AvgIpc) is 2.38. The third-order valence-corrected chi connectivity index (χ3v) is 3.79. The van der Waals surface area contributed by atoms with Crippen LogP contribution >= 0.6 is 0 Å². The van der Waals surface area contributed by atoms with E-state index in [1.165, 1.54) is 19.3 Å². The van der Waals surface area contributed by atoms with Gasteiger partial charge in [0.25, 0.3) is 5.91 Å². The van der Waals surface area contributed by atoms with Crippen LogP contribution in [0.15, 0.2) is 12.1 Å². The first-order chi connectivity index (χ1) is 8.59. The van der Waals surface area contributed by atoms with Crippen LogP contribution in [0.2, 0.25) is 0 Å². The Kier molecular flexibility index (Phi) is 3.79. The van der Waals surface area contributed by atoms with E-state index in [0.29, 0.717) is 23.5 Å². The van der Waals surface area contributed by atoms with Crippen molar-refractivity contribution in [3.05, 3.63) is 17.8 Å². The first-order valence-electron chi connectivity index (χ1n) is 6.46. The number of hydrogen-bond donors (Lipinski definition) is 1. The van der Waals surface area contributed by atoms with Gasteiger partial charge in [-0.25, -0.2) is 0 Å². The van der Waals surface area contributed by atoms with E-state index in [4.69, 9.17) is 5.73 Å². The molecule has 1 amide bonds. The summed E-state index contributed by atoms with van der Waals surface area (Å²) >= 11 is 0. The van der Waals surface area contributed by atoms with E-state index in [1.54, 1.807) is 12.1 Å². The van der Waals surface area contributed by atoms with Gasteiger partial charge in [-0.15, -0.1) is 10.2 Å². The fourth-order valence-electron chi connectivity index (χ4n) is 2.66. The molecule has 1 fully saturated rings. The molecule has 0 aliphatic heterocycles. The summed E-state index contributed by atoms with van der Waals surface area (Å²) in [5.74, 6) is 0.816. The summed E-state index contributed by atoms with van der Waals surface area (Å²) in [6.07, 6.45) is 4.73. The molecule has 1 saturated carbocycles. The first kappa shape index (κ1) is 12.8. The van der Waals surface area contributed by atoms with Crippen molar-refractivity contribution < 1.29 is 4.79 Å². The minimum atomic E-state index is -0.0683. The lowest BCUT2D eigenvalue weighted by atomic mass is 9.85. The molecule has 1 aliphatic carbocycles. The number of aromatic nitrogens is 2. The minimum Gasteiger partial charge on any atom is -0.382 e. The molecule has 0 saturated heterocycles. The van der Waals surface area contributed by atoms with Crippen molar-refractivity contribution in [3.8, 4) is 0 Å². The summed E-state index contributed by atoms with van der Waals surface area (Å²) in [4.78, 5) is 14.1. The van der Waals surface area contributed by atoms with Crippen molar-refractivity contribution >= 4 is 11.7 Å². The van der Waals surface area contributed by atoms with E-state index in [-0.39, 0.29) is 5.91 Å². The molecule has 18 heavy (non-hydrogen) atoms. The molecule has 2 N–H and O–H groups in total. The van der Waals surface area contributed by atoms with Gasteiger partial charge < -0.3 is 10.6 Å². The standard InChI is InChI=1S/C13H20N4O/c1-9-5-3-4-6-11(9)17(2)13(18)10-7-8-12(14)16-15-10/h7-9,11H,3-6H2,1-2H3,(H2,14,16). The molecule has 0 bridgehead atoms. The van der Waals surface area contributed by atoms with Crippen molar-refractivity contribution in [1.82, 2.24) is 15.1 Å². The molecule has 1 aromatic heterocycles. The first-order valence-corrected chi connectivity index (χ1v) is 6.46. The van der Waals surface area contributed by atoms with Crippen LogP contribution in [0.3, 0.4) is 0 Å². The Morgan fingerprint density at radius 3 is 2.67 bits per heavy atom. The monoisotopic (exact) mass is 248 g/mol. The molecule has 0 radical (unpaired) electrons. The predicted octanol–water partition coefficient (Wildman–Crippen LogP) is 1.71. The number of rotatable bonds is 2. The lowest BCUT2D eigenvalue weighted by molar-refractivity contribution is 0.0622. The van der Waals surface area contributed by atoms with E-state index in [2.05, 4.69) is 17.1 Å². The molecule has 2 unspecified atom stereocenters. The van der Waals surface area contributed by atoms with Gasteiger partial charge in [-0.05, 0) is 30.9 Å². The van der Waals surface area contributed by atoms with Gasteiger partial charge in [-0.1, -0.05) is 19.8 Å². The van der Waals surface area contributed by atoms with Gasteiger partial charge in [-0.3, -0.25) is 4.79 Å². The molecule has 1 aliphatic rings. The molecule has 1 aromatic rings. The molecule has 5 heteroatoms. The van der Waals surface area contributed by atoms with E-state index in [0.717, 1.165) is 6.42 Å². The number of hydrogen-bond acceptors (Lipinski definition) is 4. The molecule has 2 atom stereocenters. The Hall–Kier alpha value is -1.65. The van der Waals surface area contributed by atoms with E-state index in [1.807, 2.05) is 11.9 Å². The van der Waals surface area contributed by atoms with E-state index in [9.17, 15) is 4.79 Å². The Balaban J connectivity index is 2.10. The Labute approximate surface area is 107 Å². The molecule has 1 heterocycles. The quantitative estimate of drug-likeness (QED) is 0.864. The molecular formula is C13H20N4O. The topological polar surface area (TPSA) is 72.1 Å². The van der Waals surface area contributed by atoms with Crippen LogP contribution in [0, 0.1) is 5.92 Å². The second-order valence-electron chi connectivity index (χ2n) is 5.09. The second-order valence-corrected chi connectivity index (χ2v) is 5.09. The molecular weight excluding hydrogens is 228 g/mol. The molecule has 98 valence electrons. The highest BCUT2D eigenvalue weighted by Crippen LogP contribution is 2.27. The zero-order chi connectivity index (χ0) is 13.1. The number of nitrogens with two attached hydrogens (primary N) is 1. The van der Waals surface area contributed by atoms with E-state index >= 15 is 0 Å². The van der Waals surface area contributed by atoms with Gasteiger partial charge in [0.1, 0.15) is 5.82 Å². The highest BCUT2D eigenvalue weighted by molar-refractivity contribution is 5.92. The number of carbonyl (C=O) groups excluding carboxylic acids is 1. The van der Waals surface area contributed by atoms with Crippen LogP contribution in [-0.4, -0.2) is 34.1 Å². The number of nitrogens with zero attached hydrogens (tertiary/aromatic N) is 3. The largest absolute Gasteiger partial charge is 0.382 e. The van der Waals surface area contributed by atoms with Crippen molar-refractivity contribution in [3.63, 3.8) is 0 Å². The molecule has 0 aromatic carbocycles. The maximum absolute atomic E-state index is 12.3. The average molecular weight is 248 g/mol. The van der Waals surface area contributed by atoms with Crippen molar-refractivity contribution in [1.29, 1.82) is 0 Å². The summed E-state index contributed by atoms with van der Waals surface area (Å²) in [5.41, 5.74) is 5.83. The molecule has 5 nitrogen and oxygen atoms in total. The van der Waals surface area contributed by atoms with Crippen LogP contribution in [0.4, 0.5) is 5.82 Å². The van der Waals surface area contributed by atoms with Crippen LogP contribution in [0.5, 0.6) is 0 Å². The fourth-order valence-corrected chi connectivity index (χ4v) is 2.66. The maximum atomic E-state index is 12.3. The zero-order valence-corrected chi connectivity index (χ0v) is 11.0. The Bertz CT molecular complexity index is 418. The van der Waals surface area contributed by atoms with Crippen LogP contribution in [0.25, 0.3) is 0 Å². The predicted molar refractivity (Wildman–Crippen MR) is 70.0 cm³/mol. The number of amides is 1. The summed E-state index contributed by atoms with van der Waals surface area (Å²) in [6.45, 7) is 2.21. The Morgan fingerprint density at radius 2 is 2.06 bits per heavy atom. The summed E-state index contributed by atoms with van der Waals surface area (Å²) in [7, 11) is 1.85. The van der Waals surface area contributed by atoms with Crippen LogP contribution in [-0.2, 0) is 0 Å². The van der Waals surface area contributed by atoms with Gasteiger partial charge in [0.05, 0.1) is 0 Å². The number of nitrogen functional groups attached to an aromatic ring is 1. The maximum Gasteiger partial charge on any atom is 0.274 e. The third kappa shape index (κ3) is 2.60. The van der Waals surface area contributed by atoms with Gasteiger partial charge >= 0.3 is 0 Å². The zero-order valence-electron chi connectivity index (χ0n) is 11.0. The summed E-state index contributed by atoms with van der Waals surface area (Å²) < 4.78 is 0. The molecule has 0 spiro atoms. The van der Waals surface area contributed by atoms with Gasteiger partial charge in [-0.2, -0.15) is 0 Å². The second kappa shape index (κ2) is 5.33. The molecule has 2 rings (SSSR count). The highest BCUT2D eigenvalue weighted by atomic mass is 16.2. The number of carbonyl (C=O) groups is 1. The van der Waals surface area contributed by atoms with Crippen molar-refractivity contribution in [2.75, 3.05) is 12.8 Å². The lowest BCUT2D eigenvalue weighted by Crippen LogP contribution is -2.43. The SMILES string of the molecule is CC1CCCCC1N(C)C(=O)c1ccc(N)nn1. The normalized spacial score (nSPS) is 23.7. The minimum absolute atomic E-state index is 0.0683. The highest BCUT2D eigenvalue weighted by Gasteiger charge is 2.28. The Morgan fingerprint density at radius 1 is 1.33 bits per heavy atom. The van der Waals surface area contributed by atoms with Gasteiger partial charge in [0.15, 0.2) is 5.69 Å². The smallest absolute Gasteiger partial charge is 0.274 e. The van der Waals surface area contributed by atoms with Gasteiger partial charge in [0.2, 0.25) is 0 Å². The van der Waals surface area contributed by atoms with Crippen LogP contribution < -0.4 is 5.73 Å². The van der Waals surface area contributed by atoms with Crippen molar-refractivity contribution in [2.24, 2.45) is 5.92 Å². The summed E-state index contributed by atoms with van der Waals surface area (Å²) in [5, 5.41) is 7.58. The lowest BCUT2D eigenvalue weighted by Gasteiger charge is -2.36. The number of anilines is 1. The third-order valence-electron chi connectivity index (χ3n) is 3.79. The van der Waals surface area contributed by atoms with Crippen LogP contribution in [0.1, 0.15) is 43.1 Å². The van der Waals surface area contributed by atoms with Crippen molar-refractivity contribution in [2.45, 2.75) is 38.6 Å².